The maximum atomic E-state index is 11.7. The van der Waals surface area contributed by atoms with Crippen LogP contribution in [-0.2, 0) is 4.74 Å². The molecule has 0 aromatic carbocycles. The van der Waals surface area contributed by atoms with Gasteiger partial charge in [0.15, 0.2) is 0 Å². The van der Waals surface area contributed by atoms with E-state index in [0.29, 0.717) is 41.5 Å². The molecule has 0 aliphatic heterocycles. The van der Waals surface area contributed by atoms with Gasteiger partial charge in [-0.1, -0.05) is 0 Å². The number of aromatic nitrogens is 2. The molecule has 26 heavy (non-hydrogen) atoms. The van der Waals surface area contributed by atoms with Crippen LogP contribution in [0.4, 0.5) is 11.8 Å². The molecular formula is C19H29N5O2. The van der Waals surface area contributed by atoms with Crippen LogP contribution in [0, 0.1) is 5.92 Å². The summed E-state index contributed by atoms with van der Waals surface area (Å²) < 4.78 is 6.01. The molecule has 3 fully saturated rings. The number of nitrogens with zero attached hydrogens (tertiary/aromatic N) is 2. The Morgan fingerprint density at radius 2 is 1.81 bits per heavy atom. The van der Waals surface area contributed by atoms with Crippen molar-refractivity contribution in [2.45, 2.75) is 82.6 Å². The molecule has 1 aromatic rings. The third kappa shape index (κ3) is 4.44. The van der Waals surface area contributed by atoms with Crippen molar-refractivity contribution in [3.63, 3.8) is 0 Å². The molecule has 1 unspecified atom stereocenters. The van der Waals surface area contributed by atoms with Gasteiger partial charge in [0.25, 0.3) is 5.91 Å². The van der Waals surface area contributed by atoms with Gasteiger partial charge >= 0.3 is 0 Å². The quantitative estimate of drug-likeness (QED) is 0.659. The second-order valence-corrected chi connectivity index (χ2v) is 8.04. The predicted octanol–water partition coefficient (Wildman–Crippen LogP) is 2.69. The van der Waals surface area contributed by atoms with E-state index in [-0.39, 0.29) is 6.04 Å². The van der Waals surface area contributed by atoms with Gasteiger partial charge in [-0.2, -0.15) is 4.98 Å². The number of ether oxygens (including phenoxy) is 1. The molecule has 142 valence electrons. The molecule has 4 N–H and O–H groups in total. The van der Waals surface area contributed by atoms with Crippen molar-refractivity contribution in [3.8, 4) is 0 Å². The smallest absolute Gasteiger partial charge is 0.254 e. The van der Waals surface area contributed by atoms with Crippen LogP contribution in [0.15, 0.2) is 6.20 Å². The standard InChI is InChI=1S/C19H29N5O2/c1-11(12-2-3-12)22-18-16(17(20)25)10-21-19(24-18)23-13-4-6-14(7-5-13)26-15-8-9-15/h10-15H,2-9H2,1H3,(H2,20,25)(H2,21,22,23,24)/t11?,13-,14-. The summed E-state index contributed by atoms with van der Waals surface area (Å²) >= 11 is 0. The second kappa shape index (κ2) is 7.39. The van der Waals surface area contributed by atoms with E-state index in [1.54, 1.807) is 0 Å². The lowest BCUT2D eigenvalue weighted by Gasteiger charge is -2.29. The zero-order valence-electron chi connectivity index (χ0n) is 15.4. The van der Waals surface area contributed by atoms with E-state index >= 15 is 0 Å². The Hall–Kier alpha value is -1.89. The maximum Gasteiger partial charge on any atom is 0.254 e. The lowest BCUT2D eigenvalue weighted by atomic mass is 9.93. The third-order valence-electron chi connectivity index (χ3n) is 5.66. The zero-order chi connectivity index (χ0) is 18.1. The molecule has 1 aromatic heterocycles. The van der Waals surface area contributed by atoms with Gasteiger partial charge in [0.2, 0.25) is 5.95 Å². The Labute approximate surface area is 154 Å². The van der Waals surface area contributed by atoms with Crippen molar-refractivity contribution in [1.82, 2.24) is 9.97 Å². The van der Waals surface area contributed by atoms with E-state index in [9.17, 15) is 4.79 Å². The Kier molecular flexibility index (Phi) is 4.98. The van der Waals surface area contributed by atoms with Gasteiger partial charge in [-0.25, -0.2) is 4.98 Å². The number of hydrogen-bond acceptors (Lipinski definition) is 6. The zero-order valence-corrected chi connectivity index (χ0v) is 15.4. The average molecular weight is 359 g/mol. The molecule has 1 heterocycles. The molecule has 4 rings (SSSR count). The van der Waals surface area contributed by atoms with Crippen molar-refractivity contribution in [2.75, 3.05) is 10.6 Å². The molecule has 0 bridgehead atoms. The lowest BCUT2D eigenvalue weighted by molar-refractivity contribution is 0.0146. The Morgan fingerprint density at radius 3 is 2.38 bits per heavy atom. The number of nitrogens with two attached hydrogens (primary N) is 1. The van der Waals surface area contributed by atoms with Crippen LogP contribution < -0.4 is 16.4 Å². The highest BCUT2D eigenvalue weighted by Crippen LogP contribution is 2.34. The van der Waals surface area contributed by atoms with Crippen molar-refractivity contribution < 1.29 is 9.53 Å². The molecule has 1 atom stereocenters. The first kappa shape index (κ1) is 17.5. The number of rotatable bonds is 8. The van der Waals surface area contributed by atoms with E-state index in [1.807, 2.05) is 0 Å². The Morgan fingerprint density at radius 1 is 1.15 bits per heavy atom. The summed E-state index contributed by atoms with van der Waals surface area (Å²) in [5, 5.41) is 6.78. The van der Waals surface area contributed by atoms with Crippen LogP contribution in [-0.4, -0.2) is 40.2 Å². The number of anilines is 2. The van der Waals surface area contributed by atoms with Crippen LogP contribution in [0.2, 0.25) is 0 Å². The summed E-state index contributed by atoms with van der Waals surface area (Å²) in [7, 11) is 0. The Balaban J connectivity index is 1.37. The number of primary amides is 1. The summed E-state index contributed by atoms with van der Waals surface area (Å²) in [6.07, 6.45) is 11.6. The minimum absolute atomic E-state index is 0.283. The van der Waals surface area contributed by atoms with Gasteiger partial charge in [-0.3, -0.25) is 4.79 Å². The number of hydrogen-bond donors (Lipinski definition) is 3. The number of carbonyl (C=O) groups excluding carboxylic acids is 1. The van der Waals surface area contributed by atoms with Crippen LogP contribution in [0.3, 0.4) is 0 Å². The van der Waals surface area contributed by atoms with Crippen LogP contribution in [0.25, 0.3) is 0 Å². The third-order valence-corrected chi connectivity index (χ3v) is 5.66. The SMILES string of the molecule is CC(Nc1nc(N[C@H]2CC[C@H](OC3CC3)CC2)ncc1C(N)=O)C1CC1. The number of nitrogens with one attached hydrogen (secondary N) is 2. The lowest BCUT2D eigenvalue weighted by Crippen LogP contribution is -2.31. The van der Waals surface area contributed by atoms with E-state index in [0.717, 1.165) is 25.7 Å². The molecular weight excluding hydrogens is 330 g/mol. The fraction of sp³-hybridized carbons (Fsp3) is 0.737. The normalized spacial score (nSPS) is 27.0. The van der Waals surface area contributed by atoms with Crippen molar-refractivity contribution in [3.05, 3.63) is 11.8 Å². The highest BCUT2D eigenvalue weighted by Gasteiger charge is 2.30. The van der Waals surface area contributed by atoms with Gasteiger partial charge in [0.05, 0.1) is 17.8 Å². The number of carbonyl (C=O) groups is 1. The van der Waals surface area contributed by atoms with Gasteiger partial charge in [0.1, 0.15) is 5.82 Å². The van der Waals surface area contributed by atoms with Gasteiger partial charge in [-0.15, -0.1) is 0 Å². The fourth-order valence-electron chi connectivity index (χ4n) is 3.67. The van der Waals surface area contributed by atoms with E-state index in [4.69, 9.17) is 10.5 Å². The Bertz CT molecular complexity index is 651. The highest BCUT2D eigenvalue weighted by molar-refractivity contribution is 5.97. The molecule has 0 spiro atoms. The molecule has 7 nitrogen and oxygen atoms in total. The van der Waals surface area contributed by atoms with E-state index in [2.05, 4.69) is 27.5 Å². The first-order valence-corrected chi connectivity index (χ1v) is 9.94. The maximum absolute atomic E-state index is 11.7. The van der Waals surface area contributed by atoms with Crippen LogP contribution >= 0.6 is 0 Å². The van der Waals surface area contributed by atoms with Crippen LogP contribution in [0.5, 0.6) is 0 Å². The van der Waals surface area contributed by atoms with Crippen molar-refractivity contribution in [2.24, 2.45) is 11.7 Å². The summed E-state index contributed by atoms with van der Waals surface area (Å²) in [5.41, 5.74) is 5.83. The number of amides is 1. The average Bonchev–Trinajstić information content (AvgIpc) is 3.51. The summed E-state index contributed by atoms with van der Waals surface area (Å²) in [6.45, 7) is 2.12. The van der Waals surface area contributed by atoms with Crippen molar-refractivity contribution in [1.29, 1.82) is 0 Å². The molecule has 0 saturated heterocycles. The second-order valence-electron chi connectivity index (χ2n) is 8.04. The summed E-state index contributed by atoms with van der Waals surface area (Å²) in [5.74, 6) is 1.26. The predicted molar refractivity (Wildman–Crippen MR) is 100 cm³/mol. The molecule has 7 heteroatoms. The monoisotopic (exact) mass is 359 g/mol. The van der Waals surface area contributed by atoms with E-state index < -0.39 is 5.91 Å². The van der Waals surface area contributed by atoms with Gasteiger partial charge in [0, 0.05) is 18.3 Å². The van der Waals surface area contributed by atoms with Gasteiger partial charge < -0.3 is 21.1 Å². The topological polar surface area (TPSA) is 102 Å². The molecule has 3 aliphatic carbocycles. The molecule has 3 aliphatic rings. The fourth-order valence-corrected chi connectivity index (χ4v) is 3.67. The van der Waals surface area contributed by atoms with Crippen molar-refractivity contribution >= 4 is 17.7 Å². The first-order chi connectivity index (χ1) is 12.6. The minimum atomic E-state index is -0.500. The summed E-state index contributed by atoms with van der Waals surface area (Å²) in [4.78, 5) is 20.5. The van der Waals surface area contributed by atoms with Crippen LogP contribution in [0.1, 0.15) is 68.6 Å². The highest BCUT2D eigenvalue weighted by atomic mass is 16.5. The largest absolute Gasteiger partial charge is 0.375 e. The van der Waals surface area contributed by atoms with Gasteiger partial charge in [-0.05, 0) is 64.2 Å². The molecule has 0 radical (unpaired) electrons. The minimum Gasteiger partial charge on any atom is -0.375 e. The molecule has 1 amide bonds. The first-order valence-electron chi connectivity index (χ1n) is 9.94. The molecule has 3 saturated carbocycles. The summed E-state index contributed by atoms with van der Waals surface area (Å²) in [6, 6.07) is 0.632. The van der Waals surface area contributed by atoms with E-state index in [1.165, 1.54) is 31.9 Å².